The van der Waals surface area contributed by atoms with Crippen molar-refractivity contribution in [2.24, 2.45) is 0 Å². The third-order valence-corrected chi connectivity index (χ3v) is 7.12. The molecule has 9 nitrogen and oxygen atoms in total. The molecule has 0 radical (unpaired) electrons. The first kappa shape index (κ1) is 22.6. The van der Waals surface area contributed by atoms with Crippen LogP contribution >= 0.6 is 0 Å². The Morgan fingerprint density at radius 1 is 1.21 bits per heavy atom. The molecule has 2 fully saturated rings. The van der Waals surface area contributed by atoms with Gasteiger partial charge in [-0.05, 0) is 27.7 Å². The second-order valence-corrected chi connectivity index (χ2v) is 10.4. The topological polar surface area (TPSA) is 99.3 Å². The van der Waals surface area contributed by atoms with Gasteiger partial charge in [-0.15, -0.1) is 6.58 Å². The largest absolute Gasteiger partial charge is 0.444 e. The van der Waals surface area contributed by atoms with Gasteiger partial charge in [-0.1, -0.05) is 6.08 Å². The van der Waals surface area contributed by atoms with Gasteiger partial charge in [-0.3, -0.25) is 9.69 Å². The lowest BCUT2D eigenvalue weighted by molar-refractivity contribution is -0.126. The molecule has 2 aliphatic heterocycles. The first-order valence-corrected chi connectivity index (χ1v) is 11.1. The van der Waals surface area contributed by atoms with Crippen LogP contribution in [0.4, 0.5) is 4.79 Å². The highest BCUT2D eigenvalue weighted by Crippen LogP contribution is 2.23. The molecule has 2 rings (SSSR count). The molecule has 28 heavy (non-hydrogen) atoms. The average molecular weight is 417 g/mol. The molecule has 0 spiro atoms. The Morgan fingerprint density at radius 3 is 2.29 bits per heavy atom. The summed E-state index contributed by atoms with van der Waals surface area (Å²) in [6, 6.07) is -0.379. The summed E-state index contributed by atoms with van der Waals surface area (Å²) in [6.07, 6.45) is 1.18. The summed E-state index contributed by atoms with van der Waals surface area (Å²) in [5.41, 5.74) is -0.579. The normalized spacial score (nSPS) is 20.9. The zero-order valence-corrected chi connectivity index (χ0v) is 18.0. The maximum atomic E-state index is 12.8. The molecule has 0 aliphatic carbocycles. The summed E-state index contributed by atoms with van der Waals surface area (Å²) in [6.45, 7) is 12.9. The van der Waals surface area contributed by atoms with Gasteiger partial charge in [0.1, 0.15) is 10.9 Å². The standard InChI is InChI=1S/C18H32N4O5S/c1-6-7-19-16(23)14(2)21-12-15(13-21)28(25,26)22-10-8-20(9-11-22)17(24)27-18(3,4)5/h6,14-15H,1,7-13H2,2-5H3,(H,19,23)/t14-/m0/s1. The molecule has 0 aromatic heterocycles. The quantitative estimate of drug-likeness (QED) is 0.623. The third-order valence-electron chi connectivity index (χ3n) is 4.90. The number of carbonyl (C=O) groups excluding carboxylic acids is 2. The minimum absolute atomic E-state index is 0.137. The van der Waals surface area contributed by atoms with Gasteiger partial charge in [0.2, 0.25) is 15.9 Å². The Bertz CT molecular complexity index is 689. The van der Waals surface area contributed by atoms with Crippen molar-refractivity contribution in [2.75, 3.05) is 45.8 Å². The Labute approximate surface area is 167 Å². The zero-order valence-electron chi connectivity index (χ0n) is 17.2. The molecule has 2 amide bonds. The predicted molar refractivity (Wildman–Crippen MR) is 106 cm³/mol. The van der Waals surface area contributed by atoms with E-state index in [0.29, 0.717) is 32.7 Å². The lowest BCUT2D eigenvalue weighted by Gasteiger charge is -2.44. The van der Waals surface area contributed by atoms with Crippen LogP contribution in [0.5, 0.6) is 0 Å². The molecule has 0 unspecified atom stereocenters. The minimum Gasteiger partial charge on any atom is -0.444 e. The number of carbonyl (C=O) groups is 2. The van der Waals surface area contributed by atoms with Crippen LogP contribution in [0, 0.1) is 0 Å². The van der Waals surface area contributed by atoms with E-state index >= 15 is 0 Å². The van der Waals surface area contributed by atoms with Crippen molar-refractivity contribution in [2.45, 2.75) is 44.6 Å². The highest BCUT2D eigenvalue weighted by molar-refractivity contribution is 7.89. The van der Waals surface area contributed by atoms with E-state index in [0.717, 1.165) is 0 Å². The van der Waals surface area contributed by atoms with E-state index in [-0.39, 0.29) is 25.0 Å². The van der Waals surface area contributed by atoms with Crippen LogP contribution in [0.3, 0.4) is 0 Å². The van der Waals surface area contributed by atoms with Crippen molar-refractivity contribution in [1.29, 1.82) is 0 Å². The highest BCUT2D eigenvalue weighted by Gasteiger charge is 2.44. The second kappa shape index (κ2) is 8.79. The molecule has 1 N–H and O–H groups in total. The van der Waals surface area contributed by atoms with Gasteiger partial charge >= 0.3 is 6.09 Å². The van der Waals surface area contributed by atoms with Crippen molar-refractivity contribution >= 4 is 22.0 Å². The maximum absolute atomic E-state index is 12.8. The van der Waals surface area contributed by atoms with Crippen molar-refractivity contribution in [3.05, 3.63) is 12.7 Å². The molecule has 1 atom stereocenters. The number of nitrogens with zero attached hydrogens (tertiary/aromatic N) is 3. The van der Waals surface area contributed by atoms with Crippen LogP contribution in [0.15, 0.2) is 12.7 Å². The predicted octanol–water partition coefficient (Wildman–Crippen LogP) is 0.244. The van der Waals surface area contributed by atoms with Gasteiger partial charge in [0.05, 0.1) is 6.04 Å². The average Bonchev–Trinajstić information content (AvgIpc) is 2.56. The Hall–Kier alpha value is -1.65. The number of likely N-dealkylation sites (tertiary alicyclic amines) is 1. The fraction of sp³-hybridized carbons (Fsp3) is 0.778. The molecular weight excluding hydrogens is 384 g/mol. The van der Waals surface area contributed by atoms with Crippen LogP contribution < -0.4 is 5.32 Å². The van der Waals surface area contributed by atoms with Gasteiger partial charge < -0.3 is 15.0 Å². The number of piperazine rings is 1. The summed E-state index contributed by atoms with van der Waals surface area (Å²) in [5, 5.41) is 2.20. The van der Waals surface area contributed by atoms with E-state index in [4.69, 9.17) is 4.74 Å². The summed E-state index contributed by atoms with van der Waals surface area (Å²) >= 11 is 0. The lowest BCUT2D eigenvalue weighted by Crippen LogP contribution is -2.64. The van der Waals surface area contributed by atoms with E-state index in [1.807, 2.05) is 4.90 Å². The SMILES string of the molecule is C=CCNC(=O)[C@H](C)N1CC(S(=O)(=O)N2CCN(C(=O)OC(C)(C)C)CC2)C1. The van der Waals surface area contributed by atoms with E-state index < -0.39 is 27.0 Å². The van der Waals surface area contributed by atoms with Crippen molar-refractivity contribution in [3.8, 4) is 0 Å². The number of rotatable bonds is 6. The molecular formula is C18H32N4O5S. The van der Waals surface area contributed by atoms with Crippen LogP contribution in [-0.4, -0.2) is 97.2 Å². The van der Waals surface area contributed by atoms with Gasteiger partial charge in [0.25, 0.3) is 0 Å². The Morgan fingerprint density at radius 2 is 1.79 bits per heavy atom. The number of ether oxygens (including phenoxy) is 1. The molecule has 0 aromatic carbocycles. The molecule has 10 heteroatoms. The van der Waals surface area contributed by atoms with Gasteiger partial charge in [-0.25, -0.2) is 13.2 Å². The van der Waals surface area contributed by atoms with Crippen LogP contribution in [0.2, 0.25) is 0 Å². The van der Waals surface area contributed by atoms with Crippen molar-refractivity contribution in [3.63, 3.8) is 0 Å². The van der Waals surface area contributed by atoms with Crippen LogP contribution in [0.25, 0.3) is 0 Å². The molecule has 0 aromatic rings. The lowest BCUT2D eigenvalue weighted by atomic mass is 10.1. The number of hydrogen-bond donors (Lipinski definition) is 1. The van der Waals surface area contributed by atoms with Crippen LogP contribution in [-0.2, 0) is 19.6 Å². The van der Waals surface area contributed by atoms with Gasteiger partial charge in [0.15, 0.2) is 0 Å². The summed E-state index contributed by atoms with van der Waals surface area (Å²) < 4.78 is 32.4. The van der Waals surface area contributed by atoms with Crippen molar-refractivity contribution < 1.29 is 22.7 Å². The zero-order chi connectivity index (χ0) is 21.1. The van der Waals surface area contributed by atoms with Gasteiger partial charge in [-0.2, -0.15) is 4.31 Å². The molecule has 0 bridgehead atoms. The van der Waals surface area contributed by atoms with E-state index in [1.54, 1.807) is 33.8 Å². The molecule has 0 saturated carbocycles. The number of hydrogen-bond acceptors (Lipinski definition) is 6. The highest BCUT2D eigenvalue weighted by atomic mass is 32.2. The second-order valence-electron chi connectivity index (χ2n) is 8.20. The Balaban J connectivity index is 1.83. The van der Waals surface area contributed by atoms with E-state index in [2.05, 4.69) is 11.9 Å². The summed E-state index contributed by atoms with van der Waals surface area (Å²) in [7, 11) is -3.45. The molecule has 2 saturated heterocycles. The van der Waals surface area contributed by atoms with Gasteiger partial charge in [0, 0.05) is 45.8 Å². The van der Waals surface area contributed by atoms with E-state index in [1.165, 1.54) is 9.21 Å². The first-order chi connectivity index (χ1) is 13.0. The summed E-state index contributed by atoms with van der Waals surface area (Å²) in [4.78, 5) is 27.5. The molecule has 160 valence electrons. The minimum atomic E-state index is -3.45. The monoisotopic (exact) mass is 416 g/mol. The number of amides is 2. The number of nitrogens with one attached hydrogen (secondary N) is 1. The Kier molecular flexibility index (Phi) is 7.11. The molecule has 2 aliphatic rings. The smallest absolute Gasteiger partial charge is 0.410 e. The first-order valence-electron chi connectivity index (χ1n) is 9.55. The maximum Gasteiger partial charge on any atom is 0.410 e. The number of sulfonamides is 1. The van der Waals surface area contributed by atoms with Crippen molar-refractivity contribution in [1.82, 2.24) is 19.4 Å². The third kappa shape index (κ3) is 5.45. The fourth-order valence-electron chi connectivity index (χ4n) is 3.12. The molecule has 2 heterocycles. The fourth-order valence-corrected chi connectivity index (χ4v) is 4.98. The summed E-state index contributed by atoms with van der Waals surface area (Å²) in [5.74, 6) is -0.137. The van der Waals surface area contributed by atoms with E-state index in [9.17, 15) is 18.0 Å². The van der Waals surface area contributed by atoms with Crippen LogP contribution in [0.1, 0.15) is 27.7 Å².